The van der Waals surface area contributed by atoms with E-state index >= 15 is 0 Å². The van der Waals surface area contributed by atoms with Gasteiger partial charge in [-0.05, 0) is 143 Å². The molecule has 2 aromatic carbocycles. The number of carboxylic acids is 1. The van der Waals surface area contributed by atoms with Crippen LogP contribution in [0.15, 0.2) is 48.7 Å². The van der Waals surface area contributed by atoms with Crippen molar-refractivity contribution in [1.29, 1.82) is 0 Å². The van der Waals surface area contributed by atoms with Crippen molar-refractivity contribution >= 4 is 23.3 Å². The molecule has 0 radical (unpaired) electrons. The Hall–Kier alpha value is -3.49. The van der Waals surface area contributed by atoms with E-state index in [4.69, 9.17) is 25.8 Å². The Morgan fingerprint density at radius 2 is 1.98 bits per heavy atom. The lowest BCUT2D eigenvalue weighted by atomic mass is 9.59. The molecule has 1 fully saturated rings. The second-order valence-corrected chi connectivity index (χ2v) is 15.9. The first-order chi connectivity index (χ1) is 23.5. The number of hydrogen-bond donors (Lipinski definition) is 2. The molecule has 0 saturated heterocycles. The van der Waals surface area contributed by atoms with Gasteiger partial charge in [-0.1, -0.05) is 31.5 Å². The van der Waals surface area contributed by atoms with Crippen LogP contribution in [0.4, 0.5) is 5.69 Å². The van der Waals surface area contributed by atoms with E-state index in [0.717, 1.165) is 61.6 Å². The summed E-state index contributed by atoms with van der Waals surface area (Å²) in [6, 6.07) is 13.8. The Kier molecular flexibility index (Phi) is 9.48. The lowest BCUT2D eigenvalue weighted by molar-refractivity contribution is -0.144. The van der Waals surface area contributed by atoms with Gasteiger partial charge in [-0.15, -0.1) is 0 Å². The minimum absolute atomic E-state index is 0.0413. The van der Waals surface area contributed by atoms with Crippen molar-refractivity contribution in [3.8, 4) is 17.2 Å². The summed E-state index contributed by atoms with van der Waals surface area (Å²) >= 11 is 6.29. The Morgan fingerprint density at radius 1 is 1.16 bits per heavy atom. The van der Waals surface area contributed by atoms with Gasteiger partial charge in [-0.2, -0.15) is 0 Å². The molecule has 4 atom stereocenters. The molecular weight excluding hydrogens is 638 g/mol. The average Bonchev–Trinajstić information content (AvgIpc) is 3.34. The lowest BCUT2D eigenvalue weighted by Gasteiger charge is -2.47. The molecule has 1 aromatic heterocycles. The van der Waals surface area contributed by atoms with Gasteiger partial charge in [0.15, 0.2) is 11.5 Å². The predicted molar refractivity (Wildman–Crippen MR) is 193 cm³/mol. The van der Waals surface area contributed by atoms with E-state index in [2.05, 4.69) is 41.2 Å². The van der Waals surface area contributed by atoms with Crippen LogP contribution in [0.1, 0.15) is 87.1 Å². The number of aliphatic carboxylic acids is 1. The highest BCUT2D eigenvalue weighted by atomic mass is 35.5. The quantitative estimate of drug-likeness (QED) is 0.222. The molecule has 0 unspecified atom stereocenters. The number of pyridine rings is 1. The van der Waals surface area contributed by atoms with Crippen molar-refractivity contribution in [2.75, 3.05) is 39.2 Å². The fraction of sp³-hybridized carbons (Fsp3) is 0.550. The van der Waals surface area contributed by atoms with Crippen LogP contribution in [-0.4, -0.2) is 66.5 Å². The number of aryl methyl sites for hydroxylation is 1. The maximum Gasteiger partial charge on any atom is 0.329 e. The van der Waals surface area contributed by atoms with E-state index in [1.165, 1.54) is 35.2 Å². The van der Waals surface area contributed by atoms with Crippen LogP contribution in [0, 0.1) is 11.8 Å². The van der Waals surface area contributed by atoms with Gasteiger partial charge in [0.05, 0.1) is 6.61 Å². The number of aromatic nitrogens is 1. The monoisotopic (exact) mass is 687 g/mol. The van der Waals surface area contributed by atoms with E-state index in [1.54, 1.807) is 12.1 Å². The molecule has 0 amide bonds. The molecule has 3 aromatic rings. The molecule has 0 bridgehead atoms. The Balaban J connectivity index is 1.15. The van der Waals surface area contributed by atoms with E-state index in [0.29, 0.717) is 48.8 Å². The molecule has 1 spiro atoms. The topological polar surface area (TPSA) is 93.2 Å². The van der Waals surface area contributed by atoms with Gasteiger partial charge >= 0.3 is 5.97 Å². The van der Waals surface area contributed by atoms with E-state index in [-0.39, 0.29) is 11.5 Å². The first kappa shape index (κ1) is 34.0. The predicted octanol–water partition coefficient (Wildman–Crippen LogP) is 7.90. The third kappa shape index (κ3) is 6.71. The summed E-state index contributed by atoms with van der Waals surface area (Å²) in [6.07, 6.45) is 9.67. The van der Waals surface area contributed by atoms with Crippen LogP contribution >= 0.6 is 11.6 Å². The molecule has 2 heterocycles. The van der Waals surface area contributed by atoms with Gasteiger partial charge in [-0.25, -0.2) is 4.79 Å². The largest absolute Gasteiger partial charge is 0.493 e. The number of likely N-dealkylation sites (N-methyl/N-ethyl adjacent to an activating group) is 1. The maximum absolute atomic E-state index is 13.0. The lowest BCUT2D eigenvalue weighted by Crippen LogP contribution is -2.53. The third-order valence-corrected chi connectivity index (χ3v) is 11.9. The van der Waals surface area contributed by atoms with Crippen molar-refractivity contribution in [2.45, 2.75) is 94.6 Å². The van der Waals surface area contributed by atoms with Crippen LogP contribution in [0.5, 0.6) is 17.2 Å². The number of rotatable bonds is 10. The van der Waals surface area contributed by atoms with Gasteiger partial charge in [0.1, 0.15) is 24.0 Å². The van der Waals surface area contributed by atoms with Crippen LogP contribution in [-0.2, 0) is 23.1 Å². The molecule has 9 heteroatoms. The van der Waals surface area contributed by atoms with Crippen LogP contribution < -0.4 is 19.5 Å². The fourth-order valence-corrected chi connectivity index (χ4v) is 9.40. The van der Waals surface area contributed by atoms with Crippen molar-refractivity contribution in [3.63, 3.8) is 0 Å². The number of anilines is 1. The summed E-state index contributed by atoms with van der Waals surface area (Å²) in [6.45, 7) is 6.52. The second kappa shape index (κ2) is 13.7. The summed E-state index contributed by atoms with van der Waals surface area (Å²) in [5, 5.41) is 14.6. The normalized spacial score (nSPS) is 27.8. The van der Waals surface area contributed by atoms with Crippen molar-refractivity contribution in [3.05, 3.63) is 76.1 Å². The zero-order chi connectivity index (χ0) is 34.3. The summed E-state index contributed by atoms with van der Waals surface area (Å²) in [5.41, 5.74) is 4.57. The highest BCUT2D eigenvalue weighted by Gasteiger charge is 2.54. The van der Waals surface area contributed by atoms with Crippen molar-refractivity contribution in [2.24, 2.45) is 11.8 Å². The van der Waals surface area contributed by atoms with Crippen molar-refractivity contribution < 1.29 is 24.1 Å². The SMILES string of the molecule is C[C@@H](COc1ccnc2c1[C@H](C)CCC2)C[C@H]1Cc2cc3c(cc2[C@]12CC[C@@](Nc1cccc(Cl)c1)(C(=O)O)CC2)O[C@@H](CN(C)C)CO3. The number of carbonyl (C=O) groups is 1. The van der Waals surface area contributed by atoms with Crippen LogP contribution in [0.2, 0.25) is 5.02 Å². The van der Waals surface area contributed by atoms with E-state index in [1.807, 2.05) is 38.5 Å². The average molecular weight is 688 g/mol. The number of halogens is 1. The smallest absolute Gasteiger partial charge is 0.329 e. The minimum Gasteiger partial charge on any atom is -0.493 e. The number of carboxylic acid groups (broad SMARTS) is 1. The Bertz CT molecular complexity index is 1690. The standard InChI is InChI=1S/C40H50ClN3O5/c1-25(23-47-34-11-16-42-33-10-5-7-26(2)37(33)34)17-28-18-27-19-35-36(49-31(24-48-35)22-44(3)4)21-32(27)39(28)12-14-40(15-13-39,38(45)46)43-30-9-6-8-29(41)20-30/h6,8-9,11,16,19-21,25-26,28,31,43H,5,7,10,12-15,17-18,22-24H2,1-4H3,(H,45,46)/t25-,26-,28+,31+,39-,40-/m1/s1. The van der Waals surface area contributed by atoms with Gasteiger partial charge in [0.2, 0.25) is 0 Å². The molecule has 2 N–H and O–H groups in total. The summed E-state index contributed by atoms with van der Waals surface area (Å²) in [7, 11) is 4.09. The Morgan fingerprint density at radius 3 is 2.73 bits per heavy atom. The first-order valence-electron chi connectivity index (χ1n) is 18.0. The summed E-state index contributed by atoms with van der Waals surface area (Å²) < 4.78 is 19.4. The minimum atomic E-state index is -1.07. The van der Waals surface area contributed by atoms with Crippen LogP contribution in [0.25, 0.3) is 0 Å². The molecule has 4 aliphatic rings. The molecule has 262 valence electrons. The van der Waals surface area contributed by atoms with Crippen LogP contribution in [0.3, 0.4) is 0 Å². The zero-order valence-corrected chi connectivity index (χ0v) is 30.0. The molecule has 3 aliphatic carbocycles. The van der Waals surface area contributed by atoms with Crippen molar-refractivity contribution in [1.82, 2.24) is 9.88 Å². The number of ether oxygens (including phenoxy) is 3. The van der Waals surface area contributed by atoms with Gasteiger partial charge in [-0.3, -0.25) is 4.98 Å². The fourth-order valence-electron chi connectivity index (χ4n) is 9.21. The number of nitrogens with zero attached hydrogens (tertiary/aromatic N) is 2. The number of benzene rings is 2. The molecule has 8 nitrogen and oxygen atoms in total. The Labute approximate surface area is 295 Å². The molecule has 7 rings (SSSR count). The van der Waals surface area contributed by atoms with E-state index < -0.39 is 11.5 Å². The zero-order valence-electron chi connectivity index (χ0n) is 29.3. The number of fused-ring (bicyclic) bond motifs is 4. The molecule has 1 saturated carbocycles. The second-order valence-electron chi connectivity index (χ2n) is 15.5. The number of nitrogens with one attached hydrogen (secondary N) is 1. The third-order valence-electron chi connectivity index (χ3n) is 11.6. The number of hydrogen-bond acceptors (Lipinski definition) is 7. The molecular formula is C40H50ClN3O5. The molecule has 49 heavy (non-hydrogen) atoms. The van der Waals surface area contributed by atoms with E-state index in [9.17, 15) is 9.90 Å². The molecule has 1 aliphatic heterocycles. The van der Waals surface area contributed by atoms with Gasteiger partial charge < -0.3 is 29.5 Å². The summed E-state index contributed by atoms with van der Waals surface area (Å²) in [5.74, 6) is 2.89. The first-order valence-corrected chi connectivity index (χ1v) is 18.4. The van der Waals surface area contributed by atoms with Gasteiger partial charge in [0, 0.05) is 34.7 Å². The maximum atomic E-state index is 13.0. The van der Waals surface area contributed by atoms with Gasteiger partial charge in [0.25, 0.3) is 0 Å². The highest BCUT2D eigenvalue weighted by molar-refractivity contribution is 6.30. The highest BCUT2D eigenvalue weighted by Crippen LogP contribution is 2.58. The summed E-state index contributed by atoms with van der Waals surface area (Å²) in [4.78, 5) is 19.8.